The highest BCUT2D eigenvalue weighted by Crippen LogP contribution is 2.12. The van der Waals surface area contributed by atoms with Crippen molar-refractivity contribution in [2.75, 3.05) is 25.4 Å². The molecule has 0 bridgehead atoms. The van der Waals surface area contributed by atoms with Crippen LogP contribution in [0.3, 0.4) is 0 Å². The lowest BCUT2D eigenvalue weighted by Gasteiger charge is -2.09. The third-order valence-electron chi connectivity index (χ3n) is 3.37. The van der Waals surface area contributed by atoms with Gasteiger partial charge < -0.3 is 10.6 Å². The first-order valence-electron chi connectivity index (χ1n) is 6.87. The van der Waals surface area contributed by atoms with Crippen molar-refractivity contribution in [1.82, 2.24) is 10.6 Å². The molecular formula is C15H22N2OS. The minimum Gasteiger partial charge on any atom is -0.355 e. The van der Waals surface area contributed by atoms with Gasteiger partial charge in [-0.25, -0.2) is 0 Å². The highest BCUT2D eigenvalue weighted by Gasteiger charge is 2.21. The second-order valence-corrected chi connectivity index (χ2v) is 6.12. The van der Waals surface area contributed by atoms with E-state index in [9.17, 15) is 4.79 Å². The molecule has 1 aromatic rings. The fourth-order valence-corrected chi connectivity index (χ4v) is 2.96. The van der Waals surface area contributed by atoms with Crippen LogP contribution in [0.1, 0.15) is 17.5 Å². The summed E-state index contributed by atoms with van der Waals surface area (Å²) in [6, 6.07) is 8.63. The van der Waals surface area contributed by atoms with Crippen molar-refractivity contribution in [2.24, 2.45) is 5.92 Å². The van der Waals surface area contributed by atoms with Gasteiger partial charge in [0.15, 0.2) is 0 Å². The molecule has 3 nitrogen and oxygen atoms in total. The van der Waals surface area contributed by atoms with Crippen LogP contribution in [0.25, 0.3) is 0 Å². The molecule has 1 amide bonds. The van der Waals surface area contributed by atoms with Crippen LogP contribution in [-0.2, 0) is 10.5 Å². The molecule has 1 aliphatic rings. The van der Waals surface area contributed by atoms with Gasteiger partial charge in [0.2, 0.25) is 5.91 Å². The first-order chi connectivity index (χ1) is 9.25. The van der Waals surface area contributed by atoms with Crippen LogP contribution < -0.4 is 10.6 Å². The van der Waals surface area contributed by atoms with Crippen molar-refractivity contribution < 1.29 is 4.79 Å². The molecule has 2 N–H and O–H groups in total. The number of carbonyl (C=O) groups is 1. The van der Waals surface area contributed by atoms with E-state index < -0.39 is 0 Å². The number of carbonyl (C=O) groups excluding carboxylic acids is 1. The summed E-state index contributed by atoms with van der Waals surface area (Å²) < 4.78 is 0. The van der Waals surface area contributed by atoms with E-state index in [1.165, 1.54) is 11.1 Å². The topological polar surface area (TPSA) is 41.1 Å². The predicted molar refractivity (Wildman–Crippen MR) is 81.3 cm³/mol. The van der Waals surface area contributed by atoms with Gasteiger partial charge in [-0.2, -0.15) is 11.8 Å². The number of nitrogens with one attached hydrogen (secondary N) is 2. The number of hydrogen-bond acceptors (Lipinski definition) is 3. The fraction of sp³-hybridized carbons (Fsp3) is 0.533. The fourth-order valence-electron chi connectivity index (χ4n) is 2.14. The van der Waals surface area contributed by atoms with Crippen molar-refractivity contribution in [3.8, 4) is 0 Å². The Bertz CT molecular complexity index is 399. The average molecular weight is 278 g/mol. The molecule has 0 radical (unpaired) electrons. The Balaban J connectivity index is 1.56. The largest absolute Gasteiger partial charge is 0.355 e. The second kappa shape index (κ2) is 7.56. The predicted octanol–water partition coefficient (Wildman–Crippen LogP) is 1.95. The third kappa shape index (κ3) is 4.88. The number of rotatable bonds is 6. The maximum atomic E-state index is 11.8. The molecule has 1 fully saturated rings. The number of benzene rings is 1. The van der Waals surface area contributed by atoms with Gasteiger partial charge in [-0.3, -0.25) is 4.79 Å². The number of aryl methyl sites for hydroxylation is 1. The van der Waals surface area contributed by atoms with Crippen LogP contribution in [0.4, 0.5) is 0 Å². The van der Waals surface area contributed by atoms with Crippen molar-refractivity contribution in [1.29, 1.82) is 0 Å². The van der Waals surface area contributed by atoms with Gasteiger partial charge in [-0.05, 0) is 25.5 Å². The monoisotopic (exact) mass is 278 g/mol. The van der Waals surface area contributed by atoms with Gasteiger partial charge >= 0.3 is 0 Å². The van der Waals surface area contributed by atoms with E-state index in [4.69, 9.17) is 0 Å². The molecule has 0 aliphatic carbocycles. The maximum Gasteiger partial charge on any atom is 0.224 e. The summed E-state index contributed by atoms with van der Waals surface area (Å²) >= 11 is 1.87. The van der Waals surface area contributed by atoms with Crippen molar-refractivity contribution in [3.63, 3.8) is 0 Å². The first kappa shape index (κ1) is 14.4. The molecular weight excluding hydrogens is 256 g/mol. The van der Waals surface area contributed by atoms with E-state index in [-0.39, 0.29) is 11.8 Å². The molecule has 1 heterocycles. The smallest absolute Gasteiger partial charge is 0.224 e. The minimum absolute atomic E-state index is 0.182. The van der Waals surface area contributed by atoms with E-state index >= 15 is 0 Å². The summed E-state index contributed by atoms with van der Waals surface area (Å²) in [6.45, 7) is 4.68. The summed E-state index contributed by atoms with van der Waals surface area (Å²) in [5.74, 6) is 2.38. The van der Waals surface area contributed by atoms with Crippen molar-refractivity contribution in [3.05, 3.63) is 35.4 Å². The van der Waals surface area contributed by atoms with Gasteiger partial charge in [0.25, 0.3) is 0 Å². The standard InChI is InChI=1S/C15H22N2OS/c1-12-2-4-13(5-3-12)11-19-9-8-17-15(18)14-6-7-16-10-14/h2-5,14,16H,6-11H2,1H3,(H,17,18)/t14-/m1/s1. The van der Waals surface area contributed by atoms with Gasteiger partial charge in [0.05, 0.1) is 5.92 Å². The highest BCUT2D eigenvalue weighted by molar-refractivity contribution is 7.98. The SMILES string of the molecule is Cc1ccc(CSCCNC(=O)[C@@H]2CCNC2)cc1. The molecule has 1 aliphatic heterocycles. The lowest BCUT2D eigenvalue weighted by molar-refractivity contribution is -0.124. The van der Waals surface area contributed by atoms with Gasteiger partial charge in [-0.1, -0.05) is 29.8 Å². The van der Waals surface area contributed by atoms with E-state index in [1.807, 2.05) is 11.8 Å². The minimum atomic E-state index is 0.182. The average Bonchev–Trinajstić information content (AvgIpc) is 2.94. The first-order valence-corrected chi connectivity index (χ1v) is 8.03. The summed E-state index contributed by atoms with van der Waals surface area (Å²) in [5, 5.41) is 6.24. The molecule has 1 aromatic carbocycles. The van der Waals surface area contributed by atoms with Gasteiger partial charge in [-0.15, -0.1) is 0 Å². The van der Waals surface area contributed by atoms with Crippen molar-refractivity contribution >= 4 is 17.7 Å². The lowest BCUT2D eigenvalue weighted by atomic mass is 10.1. The zero-order valence-corrected chi connectivity index (χ0v) is 12.3. The molecule has 0 spiro atoms. The molecule has 104 valence electrons. The molecule has 4 heteroatoms. The summed E-state index contributed by atoms with van der Waals surface area (Å²) in [5.41, 5.74) is 2.65. The summed E-state index contributed by atoms with van der Waals surface area (Å²) in [4.78, 5) is 11.8. The van der Waals surface area contributed by atoms with Crippen LogP contribution >= 0.6 is 11.8 Å². The van der Waals surface area contributed by atoms with E-state index in [1.54, 1.807) is 0 Å². The molecule has 0 saturated carbocycles. The Morgan fingerprint density at radius 2 is 2.21 bits per heavy atom. The molecule has 1 saturated heterocycles. The molecule has 0 unspecified atom stereocenters. The van der Waals surface area contributed by atoms with Crippen LogP contribution in [0.15, 0.2) is 24.3 Å². The van der Waals surface area contributed by atoms with Crippen LogP contribution in [0.5, 0.6) is 0 Å². The van der Waals surface area contributed by atoms with Gasteiger partial charge in [0.1, 0.15) is 0 Å². The quantitative estimate of drug-likeness (QED) is 0.782. The Morgan fingerprint density at radius 1 is 1.42 bits per heavy atom. The Labute approximate surface area is 119 Å². The van der Waals surface area contributed by atoms with E-state index in [2.05, 4.69) is 41.8 Å². The molecule has 2 rings (SSSR count). The zero-order valence-electron chi connectivity index (χ0n) is 11.4. The Morgan fingerprint density at radius 3 is 2.89 bits per heavy atom. The molecule has 1 atom stereocenters. The number of thioether (sulfide) groups is 1. The zero-order chi connectivity index (χ0) is 13.5. The van der Waals surface area contributed by atoms with Crippen LogP contribution in [-0.4, -0.2) is 31.3 Å². The Kier molecular flexibility index (Phi) is 5.73. The van der Waals surface area contributed by atoms with Gasteiger partial charge in [0, 0.05) is 24.6 Å². The molecule has 0 aromatic heterocycles. The highest BCUT2D eigenvalue weighted by atomic mass is 32.2. The van der Waals surface area contributed by atoms with E-state index in [0.717, 1.165) is 37.6 Å². The van der Waals surface area contributed by atoms with Crippen molar-refractivity contribution in [2.45, 2.75) is 19.1 Å². The normalized spacial score (nSPS) is 18.5. The summed E-state index contributed by atoms with van der Waals surface area (Å²) in [6.07, 6.45) is 0.975. The van der Waals surface area contributed by atoms with Crippen LogP contribution in [0.2, 0.25) is 0 Å². The summed E-state index contributed by atoms with van der Waals surface area (Å²) in [7, 11) is 0. The maximum absolute atomic E-state index is 11.8. The lowest BCUT2D eigenvalue weighted by Crippen LogP contribution is -2.33. The number of hydrogen-bond donors (Lipinski definition) is 2. The van der Waals surface area contributed by atoms with E-state index in [0.29, 0.717) is 0 Å². The third-order valence-corrected chi connectivity index (χ3v) is 4.40. The molecule has 19 heavy (non-hydrogen) atoms. The number of amides is 1. The second-order valence-electron chi connectivity index (χ2n) is 5.02. The van der Waals surface area contributed by atoms with Crippen LogP contribution in [0, 0.1) is 12.8 Å². The Hall–Kier alpha value is -1.00.